The van der Waals surface area contributed by atoms with Crippen molar-refractivity contribution in [3.63, 3.8) is 0 Å². The minimum absolute atomic E-state index is 0.346. The third-order valence-electron chi connectivity index (χ3n) is 3.63. The summed E-state index contributed by atoms with van der Waals surface area (Å²) in [7, 11) is 0. The molecule has 0 aliphatic rings. The number of aromatic carboxylic acids is 1. The Kier molecular flexibility index (Phi) is 4.57. The molecule has 120 valence electrons. The van der Waals surface area contributed by atoms with Gasteiger partial charge >= 0.3 is 5.97 Å². The molecule has 0 atom stereocenters. The van der Waals surface area contributed by atoms with Gasteiger partial charge in [0.1, 0.15) is 18.2 Å². The van der Waals surface area contributed by atoms with Crippen molar-refractivity contribution in [2.45, 2.75) is 6.61 Å². The van der Waals surface area contributed by atoms with Crippen LogP contribution in [0, 0.1) is 5.82 Å². The van der Waals surface area contributed by atoms with Gasteiger partial charge in [-0.05, 0) is 29.3 Å². The number of carboxylic acids is 1. The van der Waals surface area contributed by atoms with Crippen molar-refractivity contribution in [2.75, 3.05) is 0 Å². The molecule has 0 aliphatic carbocycles. The van der Waals surface area contributed by atoms with Crippen molar-refractivity contribution >= 4 is 5.97 Å². The molecule has 0 aromatic heterocycles. The van der Waals surface area contributed by atoms with E-state index in [0.29, 0.717) is 23.5 Å². The minimum atomic E-state index is -1.28. The van der Waals surface area contributed by atoms with Gasteiger partial charge in [0.25, 0.3) is 0 Å². The van der Waals surface area contributed by atoms with Crippen LogP contribution in [0.3, 0.4) is 0 Å². The smallest absolute Gasteiger partial charge is 0.338 e. The first kappa shape index (κ1) is 15.7. The normalized spacial score (nSPS) is 10.4. The molecule has 4 heteroatoms. The SMILES string of the molecule is O=C(O)c1ccc(-c2ccccc2OCc2ccccc2)cc1F. The Hall–Kier alpha value is -3.14. The van der Waals surface area contributed by atoms with Crippen molar-refractivity contribution in [1.29, 1.82) is 0 Å². The molecule has 1 N–H and O–H groups in total. The average Bonchev–Trinajstić information content (AvgIpc) is 2.60. The number of para-hydroxylation sites is 1. The second-order valence-corrected chi connectivity index (χ2v) is 5.27. The largest absolute Gasteiger partial charge is 0.488 e. The Morgan fingerprint density at radius 2 is 1.67 bits per heavy atom. The zero-order chi connectivity index (χ0) is 16.9. The Bertz CT molecular complexity index is 860. The van der Waals surface area contributed by atoms with Gasteiger partial charge < -0.3 is 9.84 Å². The second-order valence-electron chi connectivity index (χ2n) is 5.27. The topological polar surface area (TPSA) is 46.5 Å². The first-order valence-corrected chi connectivity index (χ1v) is 7.44. The Labute approximate surface area is 139 Å². The van der Waals surface area contributed by atoms with Gasteiger partial charge in [-0.2, -0.15) is 0 Å². The van der Waals surface area contributed by atoms with Crippen LogP contribution in [-0.2, 0) is 6.61 Å². The van der Waals surface area contributed by atoms with Gasteiger partial charge in [0, 0.05) is 5.56 Å². The lowest BCUT2D eigenvalue weighted by Crippen LogP contribution is -2.01. The fourth-order valence-corrected chi connectivity index (χ4v) is 2.42. The fourth-order valence-electron chi connectivity index (χ4n) is 2.42. The first-order chi connectivity index (χ1) is 11.6. The average molecular weight is 322 g/mol. The van der Waals surface area contributed by atoms with Crippen molar-refractivity contribution in [1.82, 2.24) is 0 Å². The number of rotatable bonds is 5. The molecule has 3 nitrogen and oxygen atoms in total. The number of carbonyl (C=O) groups is 1. The quantitative estimate of drug-likeness (QED) is 0.736. The van der Waals surface area contributed by atoms with Crippen LogP contribution >= 0.6 is 0 Å². The van der Waals surface area contributed by atoms with E-state index in [-0.39, 0.29) is 5.56 Å². The number of carboxylic acid groups (broad SMARTS) is 1. The highest BCUT2D eigenvalue weighted by Crippen LogP contribution is 2.31. The van der Waals surface area contributed by atoms with Gasteiger partial charge in [-0.1, -0.05) is 54.6 Å². The second kappa shape index (κ2) is 6.96. The zero-order valence-corrected chi connectivity index (χ0v) is 12.8. The summed E-state index contributed by atoms with van der Waals surface area (Å²) in [5.41, 5.74) is 1.96. The fraction of sp³-hybridized carbons (Fsp3) is 0.0500. The van der Waals surface area contributed by atoms with E-state index < -0.39 is 11.8 Å². The predicted octanol–water partition coefficient (Wildman–Crippen LogP) is 4.77. The number of hydrogen-bond acceptors (Lipinski definition) is 2. The monoisotopic (exact) mass is 322 g/mol. The zero-order valence-electron chi connectivity index (χ0n) is 12.8. The highest BCUT2D eigenvalue weighted by molar-refractivity contribution is 5.89. The van der Waals surface area contributed by atoms with E-state index in [2.05, 4.69) is 0 Å². The lowest BCUT2D eigenvalue weighted by Gasteiger charge is -2.12. The molecule has 0 fully saturated rings. The molecule has 3 rings (SSSR count). The number of hydrogen-bond donors (Lipinski definition) is 1. The van der Waals surface area contributed by atoms with Crippen LogP contribution in [0.1, 0.15) is 15.9 Å². The van der Waals surface area contributed by atoms with E-state index in [1.807, 2.05) is 48.5 Å². The van der Waals surface area contributed by atoms with Crippen LogP contribution in [0.25, 0.3) is 11.1 Å². The van der Waals surface area contributed by atoms with Gasteiger partial charge in [-0.15, -0.1) is 0 Å². The van der Waals surface area contributed by atoms with Crippen LogP contribution < -0.4 is 4.74 Å². The molecule has 3 aromatic carbocycles. The van der Waals surface area contributed by atoms with Crippen LogP contribution in [0.4, 0.5) is 4.39 Å². The molecular formula is C20H15FO3. The van der Waals surface area contributed by atoms with E-state index in [4.69, 9.17) is 9.84 Å². The third kappa shape index (κ3) is 3.43. The van der Waals surface area contributed by atoms with Crippen LogP contribution in [0.15, 0.2) is 72.8 Å². The summed E-state index contributed by atoms with van der Waals surface area (Å²) < 4.78 is 19.8. The van der Waals surface area contributed by atoms with Crippen molar-refractivity contribution in [2.24, 2.45) is 0 Å². The number of benzene rings is 3. The molecule has 0 saturated heterocycles. The van der Waals surface area contributed by atoms with Crippen molar-refractivity contribution in [3.8, 4) is 16.9 Å². The molecule has 24 heavy (non-hydrogen) atoms. The van der Waals surface area contributed by atoms with Crippen LogP contribution in [-0.4, -0.2) is 11.1 Å². The highest BCUT2D eigenvalue weighted by atomic mass is 19.1. The van der Waals surface area contributed by atoms with E-state index in [1.165, 1.54) is 12.1 Å². The molecule has 0 radical (unpaired) electrons. The summed E-state index contributed by atoms with van der Waals surface area (Å²) in [4.78, 5) is 10.9. The lowest BCUT2D eigenvalue weighted by atomic mass is 10.0. The highest BCUT2D eigenvalue weighted by Gasteiger charge is 2.13. The summed E-state index contributed by atoms with van der Waals surface area (Å²) in [5, 5.41) is 8.93. The van der Waals surface area contributed by atoms with Gasteiger partial charge in [0.15, 0.2) is 0 Å². The summed E-state index contributed by atoms with van der Waals surface area (Å²) >= 11 is 0. The van der Waals surface area contributed by atoms with E-state index in [0.717, 1.165) is 5.56 Å². The van der Waals surface area contributed by atoms with Gasteiger partial charge in [0.2, 0.25) is 0 Å². The van der Waals surface area contributed by atoms with E-state index in [9.17, 15) is 9.18 Å². The molecule has 0 spiro atoms. The summed E-state index contributed by atoms with van der Waals surface area (Å²) in [6, 6.07) is 21.1. The maximum absolute atomic E-state index is 13.9. The van der Waals surface area contributed by atoms with Crippen LogP contribution in [0.2, 0.25) is 0 Å². The molecule has 3 aromatic rings. The van der Waals surface area contributed by atoms with Crippen molar-refractivity contribution < 1.29 is 19.0 Å². The molecular weight excluding hydrogens is 307 g/mol. The van der Waals surface area contributed by atoms with E-state index in [1.54, 1.807) is 12.1 Å². The number of halogens is 1. The van der Waals surface area contributed by atoms with Crippen LogP contribution in [0.5, 0.6) is 5.75 Å². The summed E-state index contributed by atoms with van der Waals surface area (Å²) in [6.07, 6.45) is 0. The Morgan fingerprint density at radius 1 is 0.958 bits per heavy atom. The molecule has 0 saturated carbocycles. The molecule has 0 bridgehead atoms. The first-order valence-electron chi connectivity index (χ1n) is 7.44. The van der Waals surface area contributed by atoms with Gasteiger partial charge in [-0.3, -0.25) is 0 Å². The minimum Gasteiger partial charge on any atom is -0.488 e. The number of ether oxygens (including phenoxy) is 1. The van der Waals surface area contributed by atoms with Crippen molar-refractivity contribution in [3.05, 3.63) is 89.7 Å². The van der Waals surface area contributed by atoms with Gasteiger partial charge in [0.05, 0.1) is 5.56 Å². The maximum atomic E-state index is 13.9. The summed E-state index contributed by atoms with van der Waals surface area (Å²) in [5.74, 6) is -1.44. The molecule has 0 amide bonds. The molecule has 0 heterocycles. The lowest BCUT2D eigenvalue weighted by molar-refractivity contribution is 0.0692. The van der Waals surface area contributed by atoms with E-state index >= 15 is 0 Å². The maximum Gasteiger partial charge on any atom is 0.338 e. The third-order valence-corrected chi connectivity index (χ3v) is 3.63. The Balaban J connectivity index is 1.89. The Morgan fingerprint density at radius 3 is 2.38 bits per heavy atom. The van der Waals surface area contributed by atoms with Gasteiger partial charge in [-0.25, -0.2) is 9.18 Å². The molecule has 0 unspecified atom stereocenters. The summed E-state index contributed by atoms with van der Waals surface area (Å²) in [6.45, 7) is 0.396. The molecule has 0 aliphatic heterocycles. The predicted molar refractivity (Wildman–Crippen MR) is 89.6 cm³/mol. The standard InChI is InChI=1S/C20H15FO3/c21-18-12-15(10-11-17(18)20(22)23)16-8-4-5-9-19(16)24-13-14-6-2-1-3-7-14/h1-12H,13H2,(H,22,23).